The van der Waals surface area contributed by atoms with Gasteiger partial charge < -0.3 is 19.7 Å². The van der Waals surface area contributed by atoms with Crippen LogP contribution >= 0.6 is 0 Å². The minimum Gasteiger partial charge on any atom is -0.497 e. The zero-order chi connectivity index (χ0) is 17.8. The molecule has 1 amide bonds. The van der Waals surface area contributed by atoms with Crippen molar-refractivity contribution < 1.29 is 14.3 Å². The predicted octanol–water partition coefficient (Wildman–Crippen LogP) is 2.83. The lowest BCUT2D eigenvalue weighted by atomic mass is 9.89. The molecule has 0 bridgehead atoms. The van der Waals surface area contributed by atoms with Crippen molar-refractivity contribution in [3.63, 3.8) is 0 Å². The number of piperidine rings is 1. The summed E-state index contributed by atoms with van der Waals surface area (Å²) in [6, 6.07) is 6.43. The molecule has 138 valence electrons. The third kappa shape index (κ3) is 4.46. The maximum absolute atomic E-state index is 12.3. The first-order chi connectivity index (χ1) is 12.1. The molecule has 2 fully saturated rings. The van der Waals surface area contributed by atoms with Crippen molar-refractivity contribution in [2.45, 2.75) is 45.2 Å². The van der Waals surface area contributed by atoms with Crippen LogP contribution in [0.2, 0.25) is 0 Å². The molecule has 3 rings (SSSR count). The molecule has 25 heavy (non-hydrogen) atoms. The van der Waals surface area contributed by atoms with Gasteiger partial charge in [0.25, 0.3) is 0 Å². The van der Waals surface area contributed by atoms with Crippen molar-refractivity contribution in [2.24, 2.45) is 11.8 Å². The number of ether oxygens (including phenoxy) is 2. The van der Waals surface area contributed by atoms with E-state index >= 15 is 0 Å². The molecular formula is C20H30N2O3. The Morgan fingerprint density at radius 2 is 1.84 bits per heavy atom. The number of carbonyl (C=O) groups is 1. The molecule has 1 aliphatic carbocycles. The summed E-state index contributed by atoms with van der Waals surface area (Å²) in [7, 11) is 3.34. The zero-order valence-electron chi connectivity index (χ0n) is 15.6. The van der Waals surface area contributed by atoms with Gasteiger partial charge >= 0.3 is 0 Å². The fraction of sp³-hybridized carbons (Fsp3) is 0.650. The first-order valence-corrected chi connectivity index (χ1v) is 9.38. The third-order valence-corrected chi connectivity index (χ3v) is 5.48. The molecule has 2 unspecified atom stereocenters. The number of benzene rings is 1. The number of rotatable bonds is 7. The van der Waals surface area contributed by atoms with Gasteiger partial charge in [0.1, 0.15) is 11.5 Å². The summed E-state index contributed by atoms with van der Waals surface area (Å²) < 4.78 is 10.7. The third-order valence-electron chi connectivity index (χ3n) is 5.48. The fourth-order valence-corrected chi connectivity index (χ4v) is 3.72. The largest absolute Gasteiger partial charge is 0.497 e. The molecule has 2 atom stereocenters. The highest BCUT2D eigenvalue weighted by Crippen LogP contribution is 2.33. The summed E-state index contributed by atoms with van der Waals surface area (Å²) >= 11 is 0. The minimum absolute atomic E-state index is 0.325. The predicted molar refractivity (Wildman–Crippen MR) is 97.9 cm³/mol. The van der Waals surface area contributed by atoms with Crippen LogP contribution in [0.1, 0.15) is 38.2 Å². The van der Waals surface area contributed by atoms with Gasteiger partial charge in [-0.05, 0) is 42.9 Å². The molecule has 1 aromatic carbocycles. The first kappa shape index (κ1) is 18.1. The van der Waals surface area contributed by atoms with Gasteiger partial charge in [0.05, 0.1) is 14.2 Å². The summed E-state index contributed by atoms with van der Waals surface area (Å²) in [4.78, 5) is 14.4. The van der Waals surface area contributed by atoms with Gasteiger partial charge in [0.15, 0.2) is 0 Å². The number of methoxy groups -OCH3 is 2. The number of carbonyl (C=O) groups excluding carboxylic acids is 1. The number of amides is 1. The molecule has 5 heteroatoms. The second-order valence-corrected chi connectivity index (χ2v) is 7.22. The topological polar surface area (TPSA) is 50.8 Å². The molecule has 1 heterocycles. The highest BCUT2D eigenvalue weighted by atomic mass is 16.5. The Morgan fingerprint density at radius 1 is 1.16 bits per heavy atom. The Hall–Kier alpha value is -1.75. The Kier molecular flexibility index (Phi) is 5.84. The quantitative estimate of drug-likeness (QED) is 0.825. The van der Waals surface area contributed by atoms with Crippen molar-refractivity contribution in [1.82, 2.24) is 10.2 Å². The molecule has 1 aromatic rings. The van der Waals surface area contributed by atoms with Gasteiger partial charge in [0.2, 0.25) is 5.91 Å². The Morgan fingerprint density at radius 3 is 2.40 bits per heavy atom. The van der Waals surface area contributed by atoms with Crippen molar-refractivity contribution in [3.8, 4) is 11.5 Å². The molecule has 5 nitrogen and oxygen atoms in total. The zero-order valence-corrected chi connectivity index (χ0v) is 15.6. The van der Waals surface area contributed by atoms with E-state index in [0.717, 1.165) is 62.4 Å². The van der Waals surface area contributed by atoms with Crippen LogP contribution in [-0.4, -0.2) is 44.2 Å². The van der Waals surface area contributed by atoms with Gasteiger partial charge in [-0.1, -0.05) is 13.3 Å². The molecular weight excluding hydrogens is 316 g/mol. The monoisotopic (exact) mass is 346 g/mol. The van der Waals surface area contributed by atoms with Gasteiger partial charge in [-0.15, -0.1) is 0 Å². The van der Waals surface area contributed by atoms with E-state index in [-0.39, 0.29) is 0 Å². The molecule has 0 radical (unpaired) electrons. The Labute approximate surface area is 150 Å². The van der Waals surface area contributed by atoms with Crippen LogP contribution in [-0.2, 0) is 11.3 Å². The fourth-order valence-electron chi connectivity index (χ4n) is 3.72. The van der Waals surface area contributed by atoms with E-state index in [9.17, 15) is 4.79 Å². The van der Waals surface area contributed by atoms with Gasteiger partial charge in [-0.3, -0.25) is 4.79 Å². The van der Waals surface area contributed by atoms with Crippen LogP contribution in [0.4, 0.5) is 0 Å². The van der Waals surface area contributed by atoms with Crippen LogP contribution in [0.15, 0.2) is 18.2 Å². The lowest BCUT2D eigenvalue weighted by Gasteiger charge is -2.39. The van der Waals surface area contributed by atoms with Crippen LogP contribution < -0.4 is 14.8 Å². The number of hydrogen-bond donors (Lipinski definition) is 1. The molecule has 1 N–H and O–H groups in total. The smallest absolute Gasteiger partial charge is 0.225 e. The SMILES string of the molecule is CCC1CN(C(=O)C2CC2)CCC1NCc1cc(OC)cc(OC)c1. The first-order valence-electron chi connectivity index (χ1n) is 9.38. The molecule has 0 aromatic heterocycles. The highest BCUT2D eigenvalue weighted by Gasteiger charge is 2.37. The van der Waals surface area contributed by atoms with E-state index < -0.39 is 0 Å². The number of hydrogen-bond acceptors (Lipinski definition) is 4. The molecule has 1 saturated carbocycles. The maximum atomic E-state index is 12.3. The second kappa shape index (κ2) is 8.09. The summed E-state index contributed by atoms with van der Waals surface area (Å²) in [5, 5.41) is 3.70. The van der Waals surface area contributed by atoms with E-state index in [1.54, 1.807) is 14.2 Å². The molecule has 1 aliphatic heterocycles. The summed E-state index contributed by atoms with van der Waals surface area (Å²) in [5.41, 5.74) is 1.16. The van der Waals surface area contributed by atoms with E-state index in [1.807, 2.05) is 18.2 Å². The maximum Gasteiger partial charge on any atom is 0.225 e. The Bertz CT molecular complexity index is 578. The molecule has 1 saturated heterocycles. The van der Waals surface area contributed by atoms with Crippen LogP contribution in [0.5, 0.6) is 11.5 Å². The number of likely N-dealkylation sites (tertiary alicyclic amines) is 1. The van der Waals surface area contributed by atoms with Crippen molar-refractivity contribution in [2.75, 3.05) is 27.3 Å². The van der Waals surface area contributed by atoms with Crippen molar-refractivity contribution >= 4 is 5.91 Å². The van der Waals surface area contributed by atoms with Gasteiger partial charge in [0, 0.05) is 37.7 Å². The van der Waals surface area contributed by atoms with Crippen molar-refractivity contribution in [3.05, 3.63) is 23.8 Å². The van der Waals surface area contributed by atoms with Crippen LogP contribution in [0.3, 0.4) is 0 Å². The van der Waals surface area contributed by atoms with Crippen LogP contribution in [0.25, 0.3) is 0 Å². The summed E-state index contributed by atoms with van der Waals surface area (Å²) in [6.45, 7) is 4.78. The average molecular weight is 346 g/mol. The summed E-state index contributed by atoms with van der Waals surface area (Å²) in [6.07, 6.45) is 4.29. The number of nitrogens with one attached hydrogen (secondary N) is 1. The van der Waals surface area contributed by atoms with E-state index in [1.165, 1.54) is 0 Å². The van der Waals surface area contributed by atoms with Crippen LogP contribution in [0, 0.1) is 11.8 Å². The Balaban J connectivity index is 1.58. The highest BCUT2D eigenvalue weighted by molar-refractivity contribution is 5.81. The minimum atomic E-state index is 0.325. The average Bonchev–Trinajstić information content (AvgIpc) is 3.50. The van der Waals surface area contributed by atoms with Gasteiger partial charge in [-0.2, -0.15) is 0 Å². The number of nitrogens with zero attached hydrogens (tertiary/aromatic N) is 1. The summed E-state index contributed by atoms with van der Waals surface area (Å²) in [5.74, 6) is 2.85. The second-order valence-electron chi connectivity index (χ2n) is 7.22. The van der Waals surface area contributed by atoms with Gasteiger partial charge in [-0.25, -0.2) is 0 Å². The standard InChI is InChI=1S/C20H30N2O3/c1-4-15-13-22(20(23)16-5-6-16)8-7-19(15)21-12-14-9-17(24-2)11-18(10-14)25-3/h9-11,15-16,19,21H,4-8,12-13H2,1-3H3. The molecule has 0 spiro atoms. The lowest BCUT2D eigenvalue weighted by Crippen LogP contribution is -2.51. The lowest BCUT2D eigenvalue weighted by molar-refractivity contribution is -0.134. The van der Waals surface area contributed by atoms with E-state index in [2.05, 4.69) is 17.1 Å². The molecule has 2 aliphatic rings. The van der Waals surface area contributed by atoms with E-state index in [0.29, 0.717) is 23.8 Å². The normalized spacial score (nSPS) is 23.4. The van der Waals surface area contributed by atoms with Crippen molar-refractivity contribution in [1.29, 1.82) is 0 Å². The van der Waals surface area contributed by atoms with E-state index in [4.69, 9.17) is 9.47 Å².